The van der Waals surface area contributed by atoms with E-state index in [-0.39, 0.29) is 6.04 Å². The smallest absolute Gasteiger partial charge is 0.134 e. The third-order valence-electron chi connectivity index (χ3n) is 2.84. The molecule has 2 rings (SSSR count). The van der Waals surface area contributed by atoms with Crippen molar-refractivity contribution in [3.63, 3.8) is 0 Å². The predicted molar refractivity (Wildman–Crippen MR) is 68.2 cm³/mol. The van der Waals surface area contributed by atoms with Crippen LogP contribution in [0.15, 0.2) is 40.8 Å². The summed E-state index contributed by atoms with van der Waals surface area (Å²) in [6.07, 6.45) is 0. The Kier molecular flexibility index (Phi) is 3.49. The first-order valence-corrected chi connectivity index (χ1v) is 5.66. The van der Waals surface area contributed by atoms with Crippen LogP contribution in [0.5, 0.6) is 5.75 Å². The number of hydrogen-bond acceptors (Lipinski definition) is 3. The summed E-state index contributed by atoms with van der Waals surface area (Å²) >= 11 is 0. The Balaban J connectivity index is 2.30. The lowest BCUT2D eigenvalue weighted by Gasteiger charge is -2.06. The van der Waals surface area contributed by atoms with Crippen LogP contribution in [-0.2, 0) is 0 Å². The number of hydrogen-bond donors (Lipinski definition) is 1. The zero-order valence-corrected chi connectivity index (χ0v) is 10.4. The minimum Gasteiger partial charge on any atom is -0.497 e. The normalized spacial score (nSPS) is 12.4. The second-order valence-electron chi connectivity index (χ2n) is 3.94. The van der Waals surface area contributed by atoms with Gasteiger partial charge in [0.1, 0.15) is 17.3 Å². The summed E-state index contributed by atoms with van der Waals surface area (Å²) < 4.78 is 11.0. The second-order valence-corrected chi connectivity index (χ2v) is 3.94. The highest BCUT2D eigenvalue weighted by Crippen LogP contribution is 2.27. The number of ether oxygens (including phenoxy) is 1. The molecule has 17 heavy (non-hydrogen) atoms. The zero-order valence-electron chi connectivity index (χ0n) is 10.4. The molecule has 0 saturated heterocycles. The molecule has 1 N–H and O–H groups in total. The van der Waals surface area contributed by atoms with E-state index in [0.717, 1.165) is 22.8 Å². The Labute approximate surface area is 101 Å². The summed E-state index contributed by atoms with van der Waals surface area (Å²) in [5, 5.41) is 3.15. The van der Waals surface area contributed by atoms with Crippen molar-refractivity contribution in [3.8, 4) is 17.1 Å². The average molecular weight is 231 g/mol. The first kappa shape index (κ1) is 11.7. The van der Waals surface area contributed by atoms with Gasteiger partial charge < -0.3 is 14.5 Å². The summed E-state index contributed by atoms with van der Waals surface area (Å²) in [7, 11) is 3.58. The number of rotatable bonds is 4. The zero-order chi connectivity index (χ0) is 12.3. The molecule has 3 heteroatoms. The van der Waals surface area contributed by atoms with E-state index < -0.39 is 0 Å². The second kappa shape index (κ2) is 5.06. The monoisotopic (exact) mass is 231 g/mol. The molecular formula is C14H17NO2. The van der Waals surface area contributed by atoms with Crippen LogP contribution in [0.2, 0.25) is 0 Å². The van der Waals surface area contributed by atoms with Gasteiger partial charge in [0, 0.05) is 5.56 Å². The number of furan rings is 1. The van der Waals surface area contributed by atoms with Gasteiger partial charge in [-0.25, -0.2) is 0 Å². The van der Waals surface area contributed by atoms with Crippen molar-refractivity contribution in [1.29, 1.82) is 0 Å². The van der Waals surface area contributed by atoms with Crippen LogP contribution < -0.4 is 10.1 Å². The molecule has 2 aromatic rings. The Morgan fingerprint density at radius 3 is 2.76 bits per heavy atom. The molecule has 90 valence electrons. The summed E-state index contributed by atoms with van der Waals surface area (Å²) in [5.41, 5.74) is 1.03. The Hall–Kier alpha value is -1.74. The largest absolute Gasteiger partial charge is 0.497 e. The van der Waals surface area contributed by atoms with Crippen molar-refractivity contribution in [3.05, 3.63) is 42.2 Å². The fraction of sp³-hybridized carbons (Fsp3) is 0.286. The molecule has 0 amide bonds. The van der Waals surface area contributed by atoms with Gasteiger partial charge in [-0.1, -0.05) is 12.1 Å². The van der Waals surface area contributed by atoms with Gasteiger partial charge in [0.05, 0.1) is 13.2 Å². The van der Waals surface area contributed by atoms with E-state index in [1.807, 2.05) is 43.4 Å². The lowest BCUT2D eigenvalue weighted by atomic mass is 10.1. The SMILES string of the molecule is CNC(C)c1ccc(-c2cccc(OC)c2)o1. The minimum atomic E-state index is 0.217. The summed E-state index contributed by atoms with van der Waals surface area (Å²) in [6, 6.07) is 12.0. The summed E-state index contributed by atoms with van der Waals surface area (Å²) in [6.45, 7) is 2.06. The summed E-state index contributed by atoms with van der Waals surface area (Å²) in [5.74, 6) is 2.63. The average Bonchev–Trinajstić information content (AvgIpc) is 2.87. The van der Waals surface area contributed by atoms with Gasteiger partial charge in [-0.2, -0.15) is 0 Å². The van der Waals surface area contributed by atoms with Crippen molar-refractivity contribution in [2.24, 2.45) is 0 Å². The Morgan fingerprint density at radius 2 is 2.06 bits per heavy atom. The quantitative estimate of drug-likeness (QED) is 0.877. The molecule has 1 aromatic heterocycles. The van der Waals surface area contributed by atoms with Crippen molar-refractivity contribution in [1.82, 2.24) is 5.32 Å². The van der Waals surface area contributed by atoms with E-state index in [0.29, 0.717) is 0 Å². The van der Waals surface area contributed by atoms with Gasteiger partial charge in [-0.15, -0.1) is 0 Å². The van der Waals surface area contributed by atoms with Gasteiger partial charge in [0.2, 0.25) is 0 Å². The topological polar surface area (TPSA) is 34.4 Å². The summed E-state index contributed by atoms with van der Waals surface area (Å²) in [4.78, 5) is 0. The van der Waals surface area contributed by atoms with Crippen molar-refractivity contribution in [2.45, 2.75) is 13.0 Å². The Bertz CT molecular complexity index is 490. The predicted octanol–water partition coefficient (Wildman–Crippen LogP) is 3.24. The van der Waals surface area contributed by atoms with Crippen LogP contribution in [0.25, 0.3) is 11.3 Å². The van der Waals surface area contributed by atoms with Crippen molar-refractivity contribution in [2.75, 3.05) is 14.2 Å². The first-order valence-electron chi connectivity index (χ1n) is 5.66. The molecule has 1 aromatic carbocycles. The van der Waals surface area contributed by atoms with E-state index >= 15 is 0 Å². The molecule has 1 heterocycles. The molecule has 0 saturated carbocycles. The molecule has 0 fully saturated rings. The van der Waals surface area contributed by atoms with Crippen LogP contribution >= 0.6 is 0 Å². The molecule has 1 unspecified atom stereocenters. The van der Waals surface area contributed by atoms with E-state index in [2.05, 4.69) is 12.2 Å². The standard InChI is InChI=1S/C14H17NO2/c1-10(15-2)13-7-8-14(17-13)11-5-4-6-12(9-11)16-3/h4-10,15H,1-3H3. The third-order valence-corrected chi connectivity index (χ3v) is 2.84. The minimum absolute atomic E-state index is 0.217. The van der Waals surface area contributed by atoms with Gasteiger partial charge in [-0.05, 0) is 38.2 Å². The molecular weight excluding hydrogens is 214 g/mol. The van der Waals surface area contributed by atoms with Crippen LogP contribution in [0.3, 0.4) is 0 Å². The highest BCUT2D eigenvalue weighted by Gasteiger charge is 2.09. The molecule has 0 aliphatic heterocycles. The van der Waals surface area contributed by atoms with Gasteiger partial charge in [0.15, 0.2) is 0 Å². The molecule has 0 bridgehead atoms. The van der Waals surface area contributed by atoms with Crippen LogP contribution in [0, 0.1) is 0 Å². The van der Waals surface area contributed by atoms with E-state index in [1.54, 1.807) is 7.11 Å². The number of nitrogens with one attached hydrogen (secondary N) is 1. The van der Waals surface area contributed by atoms with Gasteiger partial charge >= 0.3 is 0 Å². The number of benzene rings is 1. The molecule has 0 spiro atoms. The fourth-order valence-electron chi connectivity index (χ4n) is 1.66. The first-order chi connectivity index (χ1) is 8.24. The molecule has 1 atom stereocenters. The third kappa shape index (κ3) is 2.50. The molecule has 0 radical (unpaired) electrons. The highest BCUT2D eigenvalue weighted by atomic mass is 16.5. The fourth-order valence-corrected chi connectivity index (χ4v) is 1.66. The lowest BCUT2D eigenvalue weighted by Crippen LogP contribution is -2.10. The maximum Gasteiger partial charge on any atom is 0.134 e. The molecule has 0 aliphatic rings. The lowest BCUT2D eigenvalue weighted by molar-refractivity contribution is 0.414. The molecule has 0 aliphatic carbocycles. The van der Waals surface area contributed by atoms with Crippen LogP contribution in [0.4, 0.5) is 0 Å². The maximum atomic E-state index is 5.80. The highest BCUT2D eigenvalue weighted by molar-refractivity contribution is 5.59. The van der Waals surface area contributed by atoms with Crippen molar-refractivity contribution < 1.29 is 9.15 Å². The number of methoxy groups -OCH3 is 1. The van der Waals surface area contributed by atoms with E-state index in [1.165, 1.54) is 0 Å². The van der Waals surface area contributed by atoms with E-state index in [9.17, 15) is 0 Å². The maximum absolute atomic E-state index is 5.80. The van der Waals surface area contributed by atoms with E-state index in [4.69, 9.17) is 9.15 Å². The van der Waals surface area contributed by atoms with Crippen molar-refractivity contribution >= 4 is 0 Å². The molecule has 3 nitrogen and oxygen atoms in total. The Morgan fingerprint density at radius 1 is 1.24 bits per heavy atom. The van der Waals surface area contributed by atoms with Crippen LogP contribution in [-0.4, -0.2) is 14.2 Å². The van der Waals surface area contributed by atoms with Gasteiger partial charge in [-0.3, -0.25) is 0 Å². The van der Waals surface area contributed by atoms with Crippen LogP contribution in [0.1, 0.15) is 18.7 Å². The van der Waals surface area contributed by atoms with Gasteiger partial charge in [0.25, 0.3) is 0 Å².